The highest BCUT2D eigenvalue weighted by molar-refractivity contribution is 6.36. The van der Waals surface area contributed by atoms with Crippen LogP contribution in [0.15, 0.2) is 36.4 Å². The summed E-state index contributed by atoms with van der Waals surface area (Å²) in [5.74, 6) is -0.842. The first kappa shape index (κ1) is 13.8. The topological polar surface area (TPSA) is 82.9 Å². The number of rotatable bonds is 5. The molecule has 1 N–H and O–H groups in total. The highest BCUT2D eigenvalue weighted by Crippen LogP contribution is 2.03. The summed E-state index contributed by atoms with van der Waals surface area (Å²) in [4.78, 5) is 14.1. The van der Waals surface area contributed by atoms with E-state index in [9.17, 15) is 9.90 Å². The molecule has 1 unspecified atom stereocenters. The van der Waals surface area contributed by atoms with Gasteiger partial charge in [-0.2, -0.15) is 4.79 Å². The summed E-state index contributed by atoms with van der Waals surface area (Å²) < 4.78 is 4.64. The molecule has 0 spiro atoms. The van der Waals surface area contributed by atoms with E-state index >= 15 is 0 Å². The second-order valence-corrected chi connectivity index (χ2v) is 3.42. The number of esters is 1. The van der Waals surface area contributed by atoms with Gasteiger partial charge in [0.25, 0.3) is 0 Å². The molecule has 0 saturated heterocycles. The fourth-order valence-corrected chi connectivity index (χ4v) is 1.28. The van der Waals surface area contributed by atoms with Gasteiger partial charge >= 0.3 is 11.7 Å². The van der Waals surface area contributed by atoms with Crippen LogP contribution in [-0.2, 0) is 9.53 Å². The quantitative estimate of drug-likeness (QED) is 0.368. The predicted octanol–water partition coefficient (Wildman–Crippen LogP) is 1.29. The van der Waals surface area contributed by atoms with Crippen molar-refractivity contribution in [3.05, 3.63) is 47.5 Å². The molecule has 0 saturated carbocycles. The molecule has 1 aromatic rings. The molecular formula is C13H14N2O3. The number of aliphatic hydroxyl groups excluding tert-OH is 1. The molecule has 0 radical (unpaired) electrons. The molecule has 0 heterocycles. The van der Waals surface area contributed by atoms with Gasteiger partial charge in [0.1, 0.15) is 0 Å². The van der Waals surface area contributed by atoms with Crippen molar-refractivity contribution in [1.82, 2.24) is 0 Å². The van der Waals surface area contributed by atoms with Crippen LogP contribution in [0.5, 0.6) is 0 Å². The van der Waals surface area contributed by atoms with Gasteiger partial charge in [-0.05, 0) is 18.6 Å². The lowest BCUT2D eigenvalue weighted by Crippen LogP contribution is -2.29. The molecule has 0 amide bonds. The first-order valence-electron chi connectivity index (χ1n) is 5.49. The number of benzene rings is 1. The van der Waals surface area contributed by atoms with E-state index in [-0.39, 0.29) is 6.61 Å². The molecule has 94 valence electrons. The first-order chi connectivity index (χ1) is 8.69. The van der Waals surface area contributed by atoms with Crippen molar-refractivity contribution in [2.75, 3.05) is 6.61 Å². The van der Waals surface area contributed by atoms with Gasteiger partial charge in [0.2, 0.25) is 0 Å². The summed E-state index contributed by atoms with van der Waals surface area (Å²) in [7, 11) is 0. The van der Waals surface area contributed by atoms with E-state index in [0.29, 0.717) is 0 Å². The zero-order valence-electron chi connectivity index (χ0n) is 9.98. The van der Waals surface area contributed by atoms with Gasteiger partial charge in [-0.1, -0.05) is 36.4 Å². The van der Waals surface area contributed by atoms with Crippen LogP contribution < -0.4 is 0 Å². The second-order valence-electron chi connectivity index (χ2n) is 3.42. The SMILES string of the molecule is CCOC(=O)C(=[N+]=[N-])C(O)/C=C\c1ccccc1. The summed E-state index contributed by atoms with van der Waals surface area (Å²) in [5.41, 5.74) is 9.10. The molecular weight excluding hydrogens is 232 g/mol. The minimum Gasteiger partial charge on any atom is -0.457 e. The molecule has 0 aliphatic rings. The Morgan fingerprint density at radius 3 is 2.72 bits per heavy atom. The van der Waals surface area contributed by atoms with E-state index in [1.54, 1.807) is 13.0 Å². The third-order valence-corrected chi connectivity index (χ3v) is 2.14. The van der Waals surface area contributed by atoms with Gasteiger partial charge in [-0.15, -0.1) is 0 Å². The first-order valence-corrected chi connectivity index (χ1v) is 5.49. The number of hydrogen-bond acceptors (Lipinski definition) is 3. The van der Waals surface area contributed by atoms with Crippen LogP contribution in [-0.4, -0.2) is 34.3 Å². The summed E-state index contributed by atoms with van der Waals surface area (Å²) in [6, 6.07) is 9.23. The zero-order valence-corrected chi connectivity index (χ0v) is 9.98. The molecule has 5 heteroatoms. The molecule has 0 bridgehead atoms. The Morgan fingerprint density at radius 2 is 2.17 bits per heavy atom. The Kier molecular flexibility index (Phi) is 5.51. The van der Waals surface area contributed by atoms with Crippen LogP contribution in [0.2, 0.25) is 0 Å². The summed E-state index contributed by atoms with van der Waals surface area (Å²) >= 11 is 0. The van der Waals surface area contributed by atoms with Crippen LogP contribution in [0.4, 0.5) is 0 Å². The predicted molar refractivity (Wildman–Crippen MR) is 66.7 cm³/mol. The van der Waals surface area contributed by atoms with Crippen molar-refractivity contribution in [3.63, 3.8) is 0 Å². The summed E-state index contributed by atoms with van der Waals surface area (Å²) in [6.07, 6.45) is 1.66. The fraction of sp³-hybridized carbons (Fsp3) is 0.231. The Hall–Kier alpha value is -2.23. The van der Waals surface area contributed by atoms with Crippen LogP contribution in [0.1, 0.15) is 12.5 Å². The summed E-state index contributed by atoms with van der Waals surface area (Å²) in [5, 5.41) is 9.69. The number of carbonyl (C=O) groups excluding carboxylic acids is 1. The molecule has 5 nitrogen and oxygen atoms in total. The van der Waals surface area contributed by atoms with Gasteiger partial charge in [-0.25, -0.2) is 4.79 Å². The van der Waals surface area contributed by atoms with Crippen molar-refractivity contribution < 1.29 is 19.4 Å². The van der Waals surface area contributed by atoms with E-state index in [1.807, 2.05) is 30.3 Å². The maximum absolute atomic E-state index is 11.3. The molecule has 0 aliphatic heterocycles. The van der Waals surface area contributed by atoms with Gasteiger partial charge in [-0.3, -0.25) is 0 Å². The molecule has 0 fully saturated rings. The van der Waals surface area contributed by atoms with E-state index in [0.717, 1.165) is 5.56 Å². The standard InChI is InChI=1S/C13H14N2O3/c1-2-18-13(17)12(15-14)11(16)9-8-10-6-4-3-5-7-10/h3-9,11,16H,2H2,1H3/b9-8-. The minimum absolute atomic E-state index is 0.146. The second kappa shape index (κ2) is 7.17. The van der Waals surface area contributed by atoms with Crippen LogP contribution in [0.25, 0.3) is 11.6 Å². The normalized spacial score (nSPS) is 11.9. The average molecular weight is 246 g/mol. The van der Waals surface area contributed by atoms with Gasteiger partial charge < -0.3 is 15.4 Å². The maximum atomic E-state index is 11.3. The van der Waals surface area contributed by atoms with E-state index in [1.165, 1.54) is 6.08 Å². The van der Waals surface area contributed by atoms with Crippen molar-refractivity contribution >= 4 is 17.8 Å². The Morgan fingerprint density at radius 1 is 1.50 bits per heavy atom. The van der Waals surface area contributed by atoms with Crippen molar-refractivity contribution in [1.29, 1.82) is 0 Å². The van der Waals surface area contributed by atoms with Crippen LogP contribution in [0, 0.1) is 0 Å². The largest absolute Gasteiger partial charge is 0.457 e. The highest BCUT2D eigenvalue weighted by Gasteiger charge is 2.28. The van der Waals surface area contributed by atoms with Crippen LogP contribution in [0.3, 0.4) is 0 Å². The molecule has 0 aliphatic carbocycles. The van der Waals surface area contributed by atoms with Crippen molar-refractivity contribution in [2.45, 2.75) is 13.0 Å². The molecule has 1 aromatic carbocycles. The number of nitrogens with zero attached hydrogens (tertiary/aromatic N) is 2. The maximum Gasteiger partial charge on any atom is 0.420 e. The lowest BCUT2D eigenvalue weighted by Gasteiger charge is -2.00. The lowest BCUT2D eigenvalue weighted by molar-refractivity contribution is -0.141. The van der Waals surface area contributed by atoms with Crippen LogP contribution >= 0.6 is 0 Å². The van der Waals surface area contributed by atoms with E-state index < -0.39 is 17.8 Å². The fourth-order valence-electron chi connectivity index (χ4n) is 1.28. The van der Waals surface area contributed by atoms with Gasteiger partial charge in [0, 0.05) is 0 Å². The van der Waals surface area contributed by atoms with Crippen molar-refractivity contribution in [2.24, 2.45) is 0 Å². The van der Waals surface area contributed by atoms with E-state index in [4.69, 9.17) is 5.53 Å². The Balaban J connectivity index is 2.75. The highest BCUT2D eigenvalue weighted by atomic mass is 16.5. The monoisotopic (exact) mass is 246 g/mol. The Labute approximate surface area is 105 Å². The minimum atomic E-state index is -1.31. The van der Waals surface area contributed by atoms with Gasteiger partial charge in [0.15, 0.2) is 6.10 Å². The summed E-state index contributed by atoms with van der Waals surface area (Å²) in [6.45, 7) is 1.77. The third-order valence-electron chi connectivity index (χ3n) is 2.14. The zero-order chi connectivity index (χ0) is 13.4. The molecule has 1 rings (SSSR count). The number of carbonyl (C=O) groups is 1. The molecule has 0 aromatic heterocycles. The molecule has 1 atom stereocenters. The Bertz CT molecular complexity index is 476. The molecule has 18 heavy (non-hydrogen) atoms. The number of hydrogen-bond donors (Lipinski definition) is 1. The van der Waals surface area contributed by atoms with Gasteiger partial charge in [0.05, 0.1) is 6.61 Å². The third kappa shape index (κ3) is 3.97. The smallest absolute Gasteiger partial charge is 0.420 e. The lowest BCUT2D eigenvalue weighted by atomic mass is 10.1. The average Bonchev–Trinajstić information content (AvgIpc) is 2.39. The number of ether oxygens (including phenoxy) is 1. The number of aliphatic hydroxyl groups is 1. The van der Waals surface area contributed by atoms with Crippen molar-refractivity contribution in [3.8, 4) is 0 Å². The van der Waals surface area contributed by atoms with E-state index in [2.05, 4.69) is 9.53 Å².